The Morgan fingerprint density at radius 3 is 2.71 bits per heavy atom. The van der Waals surface area contributed by atoms with E-state index >= 15 is 0 Å². The van der Waals surface area contributed by atoms with Crippen molar-refractivity contribution in [3.63, 3.8) is 0 Å². The van der Waals surface area contributed by atoms with E-state index in [1.165, 1.54) is 25.7 Å². The number of nitrogens with one attached hydrogen (secondary N) is 1. The molecule has 1 aliphatic heterocycles. The van der Waals surface area contributed by atoms with E-state index in [0.29, 0.717) is 12.7 Å². The molecule has 4 nitrogen and oxygen atoms in total. The van der Waals surface area contributed by atoms with Crippen LogP contribution in [0.4, 0.5) is 0 Å². The average molecular weight is 291 g/mol. The van der Waals surface area contributed by atoms with Gasteiger partial charge in [-0.1, -0.05) is 19.8 Å². The van der Waals surface area contributed by atoms with Gasteiger partial charge in [0.2, 0.25) is 6.79 Å². The lowest BCUT2D eigenvalue weighted by molar-refractivity contribution is 0.173. The molecule has 0 bridgehead atoms. The molecule has 0 amide bonds. The molecular weight excluding hydrogens is 266 g/mol. The van der Waals surface area contributed by atoms with Crippen LogP contribution in [0.15, 0.2) is 12.1 Å². The lowest BCUT2D eigenvalue weighted by Crippen LogP contribution is -2.16. The molecule has 1 heterocycles. The summed E-state index contributed by atoms with van der Waals surface area (Å²) in [4.78, 5) is 0. The molecule has 0 aromatic heterocycles. The molecule has 0 spiro atoms. The van der Waals surface area contributed by atoms with E-state index in [-0.39, 0.29) is 0 Å². The van der Waals surface area contributed by atoms with Crippen molar-refractivity contribution in [3.8, 4) is 17.2 Å². The first-order valence-corrected chi connectivity index (χ1v) is 8.13. The van der Waals surface area contributed by atoms with Gasteiger partial charge in [-0.25, -0.2) is 0 Å². The zero-order chi connectivity index (χ0) is 14.5. The Hall–Kier alpha value is -1.42. The van der Waals surface area contributed by atoms with Crippen LogP contribution < -0.4 is 19.5 Å². The van der Waals surface area contributed by atoms with E-state index in [9.17, 15) is 0 Å². The maximum absolute atomic E-state index is 6.10. The van der Waals surface area contributed by atoms with E-state index in [2.05, 4.69) is 18.3 Å². The van der Waals surface area contributed by atoms with Crippen molar-refractivity contribution in [1.82, 2.24) is 5.32 Å². The highest BCUT2D eigenvalue weighted by Gasteiger charge is 2.20. The molecule has 2 aliphatic rings. The summed E-state index contributed by atoms with van der Waals surface area (Å²) in [5, 5.41) is 3.43. The SMILES string of the molecule is CCCNCc1cc2c(cc1OCC1CCCC1)OCO2. The number of hydrogen-bond acceptors (Lipinski definition) is 4. The fourth-order valence-corrected chi connectivity index (χ4v) is 3.02. The zero-order valence-electron chi connectivity index (χ0n) is 12.8. The lowest BCUT2D eigenvalue weighted by atomic mass is 10.1. The Morgan fingerprint density at radius 1 is 1.19 bits per heavy atom. The van der Waals surface area contributed by atoms with Gasteiger partial charge < -0.3 is 19.5 Å². The normalized spacial score (nSPS) is 17.4. The molecule has 1 aromatic rings. The first-order valence-electron chi connectivity index (χ1n) is 8.13. The summed E-state index contributed by atoms with van der Waals surface area (Å²) in [7, 11) is 0. The molecule has 1 saturated carbocycles. The van der Waals surface area contributed by atoms with Crippen LogP contribution in [0.5, 0.6) is 17.2 Å². The maximum Gasteiger partial charge on any atom is 0.231 e. The van der Waals surface area contributed by atoms with Crippen molar-refractivity contribution in [1.29, 1.82) is 0 Å². The fraction of sp³-hybridized carbons (Fsp3) is 0.647. The van der Waals surface area contributed by atoms with Crippen LogP contribution in [0.2, 0.25) is 0 Å². The third-order valence-electron chi connectivity index (χ3n) is 4.25. The minimum Gasteiger partial charge on any atom is -0.493 e. The van der Waals surface area contributed by atoms with Gasteiger partial charge in [0.05, 0.1) is 6.61 Å². The summed E-state index contributed by atoms with van der Waals surface area (Å²) < 4.78 is 17.0. The molecule has 0 saturated heterocycles. The largest absolute Gasteiger partial charge is 0.493 e. The summed E-state index contributed by atoms with van der Waals surface area (Å²) in [5.41, 5.74) is 1.16. The Labute approximate surface area is 126 Å². The second-order valence-corrected chi connectivity index (χ2v) is 5.95. The van der Waals surface area contributed by atoms with Crippen LogP contribution in [-0.2, 0) is 6.54 Å². The van der Waals surface area contributed by atoms with Gasteiger partial charge in [-0.05, 0) is 37.8 Å². The highest BCUT2D eigenvalue weighted by atomic mass is 16.7. The van der Waals surface area contributed by atoms with Crippen molar-refractivity contribution in [2.45, 2.75) is 45.6 Å². The Morgan fingerprint density at radius 2 is 1.95 bits per heavy atom. The van der Waals surface area contributed by atoms with Crippen molar-refractivity contribution >= 4 is 0 Å². The second kappa shape index (κ2) is 7.03. The molecule has 0 unspecified atom stereocenters. The van der Waals surface area contributed by atoms with Gasteiger partial charge in [-0.2, -0.15) is 0 Å². The average Bonchev–Trinajstić information content (AvgIpc) is 3.16. The Balaban J connectivity index is 1.69. The van der Waals surface area contributed by atoms with Gasteiger partial charge >= 0.3 is 0 Å². The smallest absolute Gasteiger partial charge is 0.231 e. The molecule has 3 rings (SSSR count). The quantitative estimate of drug-likeness (QED) is 0.781. The van der Waals surface area contributed by atoms with Gasteiger partial charge in [0.15, 0.2) is 11.5 Å². The standard InChI is InChI=1S/C17H25NO3/c1-2-7-18-10-14-8-16-17(21-12-20-16)9-15(14)19-11-13-5-3-4-6-13/h8-9,13,18H,2-7,10-12H2,1H3. The zero-order valence-corrected chi connectivity index (χ0v) is 12.8. The molecule has 1 N–H and O–H groups in total. The van der Waals surface area contributed by atoms with Gasteiger partial charge in [-0.3, -0.25) is 0 Å². The summed E-state index contributed by atoms with van der Waals surface area (Å²) in [5.74, 6) is 3.29. The molecule has 1 fully saturated rings. The van der Waals surface area contributed by atoms with Crippen LogP contribution >= 0.6 is 0 Å². The van der Waals surface area contributed by atoms with Crippen molar-refractivity contribution in [3.05, 3.63) is 17.7 Å². The third kappa shape index (κ3) is 3.62. The number of benzene rings is 1. The van der Waals surface area contributed by atoms with Crippen molar-refractivity contribution in [2.24, 2.45) is 5.92 Å². The highest BCUT2D eigenvalue weighted by Crippen LogP contribution is 2.38. The number of rotatable bonds is 7. The minimum atomic E-state index is 0.309. The first kappa shape index (κ1) is 14.5. The Kier molecular flexibility index (Phi) is 4.86. The lowest BCUT2D eigenvalue weighted by Gasteiger charge is -2.16. The van der Waals surface area contributed by atoms with E-state index in [1.807, 2.05) is 6.07 Å². The third-order valence-corrected chi connectivity index (χ3v) is 4.25. The van der Waals surface area contributed by atoms with Crippen molar-refractivity contribution < 1.29 is 14.2 Å². The summed E-state index contributed by atoms with van der Waals surface area (Å²) >= 11 is 0. The molecule has 21 heavy (non-hydrogen) atoms. The molecule has 116 valence electrons. The number of fused-ring (bicyclic) bond motifs is 1. The van der Waals surface area contributed by atoms with Crippen LogP contribution in [0.1, 0.15) is 44.6 Å². The van der Waals surface area contributed by atoms with Gasteiger partial charge in [0.25, 0.3) is 0 Å². The van der Waals surface area contributed by atoms with Crippen LogP contribution in [-0.4, -0.2) is 19.9 Å². The molecule has 0 radical (unpaired) electrons. The first-order chi connectivity index (χ1) is 10.4. The summed E-state index contributed by atoms with van der Waals surface area (Å²) in [6.07, 6.45) is 6.42. The summed E-state index contributed by atoms with van der Waals surface area (Å²) in [6.45, 7) is 5.12. The molecular formula is C17H25NO3. The van der Waals surface area contributed by atoms with Gasteiger partial charge in [0, 0.05) is 18.2 Å². The van der Waals surface area contributed by atoms with E-state index in [0.717, 1.165) is 48.9 Å². The molecule has 1 aromatic carbocycles. The van der Waals surface area contributed by atoms with Crippen LogP contribution in [0.25, 0.3) is 0 Å². The monoisotopic (exact) mass is 291 g/mol. The Bertz CT molecular complexity index is 469. The molecule has 4 heteroatoms. The van der Waals surface area contributed by atoms with E-state index < -0.39 is 0 Å². The predicted octanol–water partition coefficient (Wildman–Crippen LogP) is 3.48. The molecule has 1 aliphatic carbocycles. The van der Waals surface area contributed by atoms with Crippen molar-refractivity contribution in [2.75, 3.05) is 19.9 Å². The number of hydrogen-bond donors (Lipinski definition) is 1. The highest BCUT2D eigenvalue weighted by molar-refractivity contribution is 5.51. The molecule has 0 atom stereocenters. The maximum atomic E-state index is 6.10. The number of ether oxygens (including phenoxy) is 3. The summed E-state index contributed by atoms with van der Waals surface area (Å²) in [6, 6.07) is 4.04. The van der Waals surface area contributed by atoms with E-state index in [4.69, 9.17) is 14.2 Å². The van der Waals surface area contributed by atoms with Gasteiger partial charge in [-0.15, -0.1) is 0 Å². The van der Waals surface area contributed by atoms with Gasteiger partial charge in [0.1, 0.15) is 5.75 Å². The fourth-order valence-electron chi connectivity index (χ4n) is 3.02. The van der Waals surface area contributed by atoms with Crippen LogP contribution in [0.3, 0.4) is 0 Å². The van der Waals surface area contributed by atoms with E-state index in [1.54, 1.807) is 0 Å². The van der Waals surface area contributed by atoms with Crippen LogP contribution in [0, 0.1) is 5.92 Å². The predicted molar refractivity (Wildman–Crippen MR) is 82.0 cm³/mol. The topological polar surface area (TPSA) is 39.7 Å². The second-order valence-electron chi connectivity index (χ2n) is 5.95. The minimum absolute atomic E-state index is 0.309.